The molecule has 4 N–H and O–H groups in total. The molecule has 0 bridgehead atoms. The van der Waals surface area contributed by atoms with Gasteiger partial charge in [0.2, 0.25) is 5.96 Å². The Balaban J connectivity index is 2.49. The number of nitrogens with two attached hydrogens (primary N) is 2. The summed E-state index contributed by atoms with van der Waals surface area (Å²) < 4.78 is 0. The van der Waals surface area contributed by atoms with Gasteiger partial charge in [0, 0.05) is 12.6 Å². The second-order valence-corrected chi connectivity index (χ2v) is 3.57. The third kappa shape index (κ3) is 3.13. The van der Waals surface area contributed by atoms with Gasteiger partial charge in [-0.3, -0.25) is 5.01 Å². The van der Waals surface area contributed by atoms with Crippen LogP contribution >= 0.6 is 0 Å². The molecular weight excluding hydrogens is 164 g/mol. The summed E-state index contributed by atoms with van der Waals surface area (Å²) in [4.78, 5) is 0. The van der Waals surface area contributed by atoms with Gasteiger partial charge in [-0.25, -0.2) is 0 Å². The molecule has 0 atom stereocenters. The van der Waals surface area contributed by atoms with Crippen molar-refractivity contribution in [3.05, 3.63) is 0 Å². The molecule has 1 aliphatic carbocycles. The topological polar surface area (TPSA) is 67.6 Å². The second kappa shape index (κ2) is 4.94. The molecule has 1 rings (SSSR count). The van der Waals surface area contributed by atoms with Gasteiger partial charge in [0.15, 0.2) is 0 Å². The van der Waals surface area contributed by atoms with Crippen molar-refractivity contribution in [2.24, 2.45) is 16.6 Å². The minimum absolute atomic E-state index is 0.174. The lowest BCUT2D eigenvalue weighted by atomic mass is 9.95. The van der Waals surface area contributed by atoms with Crippen LogP contribution in [0.1, 0.15) is 39.0 Å². The van der Waals surface area contributed by atoms with E-state index in [1.165, 1.54) is 32.1 Å². The average molecular weight is 184 g/mol. The molecule has 4 nitrogen and oxygen atoms in total. The lowest BCUT2D eigenvalue weighted by Crippen LogP contribution is -2.36. The maximum Gasteiger partial charge on any atom is 0.208 e. The van der Waals surface area contributed by atoms with Crippen molar-refractivity contribution >= 4 is 5.96 Å². The zero-order valence-electron chi connectivity index (χ0n) is 8.37. The van der Waals surface area contributed by atoms with Crippen LogP contribution < -0.4 is 11.5 Å². The lowest BCUT2D eigenvalue weighted by molar-refractivity contribution is 0.170. The maximum absolute atomic E-state index is 5.36. The smallest absolute Gasteiger partial charge is 0.208 e. The van der Waals surface area contributed by atoms with Gasteiger partial charge in [-0.2, -0.15) is 0 Å². The molecule has 1 aliphatic rings. The molecule has 4 heteroatoms. The molecule has 0 amide bonds. The molecule has 0 aromatic rings. The van der Waals surface area contributed by atoms with Gasteiger partial charge in [0.1, 0.15) is 0 Å². The summed E-state index contributed by atoms with van der Waals surface area (Å²) >= 11 is 0. The molecule has 0 aliphatic heterocycles. The van der Waals surface area contributed by atoms with Crippen molar-refractivity contribution in [1.29, 1.82) is 0 Å². The normalized spacial score (nSPS) is 18.2. The van der Waals surface area contributed by atoms with Gasteiger partial charge in [0.25, 0.3) is 0 Å². The van der Waals surface area contributed by atoms with Crippen LogP contribution in [0.3, 0.4) is 0 Å². The van der Waals surface area contributed by atoms with Gasteiger partial charge in [0.05, 0.1) is 0 Å². The number of guanidine groups is 1. The number of rotatable bonds is 3. The van der Waals surface area contributed by atoms with Gasteiger partial charge >= 0.3 is 0 Å². The van der Waals surface area contributed by atoms with Crippen LogP contribution in [0.5, 0.6) is 0 Å². The van der Waals surface area contributed by atoms with E-state index in [1.807, 2.05) is 5.01 Å². The summed E-state index contributed by atoms with van der Waals surface area (Å²) in [6.07, 6.45) is 6.42. The summed E-state index contributed by atoms with van der Waals surface area (Å²) in [5, 5.41) is 6.15. The Morgan fingerprint density at radius 3 is 2.38 bits per heavy atom. The quantitative estimate of drug-likeness (QED) is 0.388. The predicted octanol–water partition coefficient (Wildman–Crippen LogP) is 0.829. The Labute approximate surface area is 80.0 Å². The highest BCUT2D eigenvalue weighted by Crippen LogP contribution is 2.22. The number of hydrazone groups is 1. The Bertz CT molecular complexity index is 168. The highest BCUT2D eigenvalue weighted by atomic mass is 15.5. The van der Waals surface area contributed by atoms with Crippen LogP contribution in [-0.4, -0.2) is 23.6 Å². The summed E-state index contributed by atoms with van der Waals surface area (Å²) in [5.41, 5.74) is 10.7. The van der Waals surface area contributed by atoms with Crippen LogP contribution in [0.4, 0.5) is 0 Å². The Morgan fingerprint density at radius 2 is 1.92 bits per heavy atom. The molecule has 0 heterocycles. The van der Waals surface area contributed by atoms with E-state index in [0.29, 0.717) is 6.04 Å². The van der Waals surface area contributed by atoms with E-state index >= 15 is 0 Å². The van der Waals surface area contributed by atoms with Gasteiger partial charge in [-0.15, -0.1) is 5.10 Å². The predicted molar refractivity (Wildman–Crippen MR) is 55.1 cm³/mol. The molecule has 1 saturated carbocycles. The van der Waals surface area contributed by atoms with Crippen LogP contribution in [-0.2, 0) is 0 Å². The molecule has 1 fully saturated rings. The third-order valence-corrected chi connectivity index (χ3v) is 2.56. The molecule has 0 unspecified atom stereocenters. The van der Waals surface area contributed by atoms with E-state index in [9.17, 15) is 0 Å². The lowest BCUT2D eigenvalue weighted by Gasteiger charge is -2.31. The van der Waals surface area contributed by atoms with Crippen molar-refractivity contribution in [2.75, 3.05) is 6.54 Å². The number of hydrogen-bond donors (Lipinski definition) is 2. The van der Waals surface area contributed by atoms with Crippen molar-refractivity contribution < 1.29 is 0 Å². The van der Waals surface area contributed by atoms with Crippen molar-refractivity contribution in [3.63, 3.8) is 0 Å². The Hall–Kier alpha value is -0.930. The minimum Gasteiger partial charge on any atom is -0.369 e. The van der Waals surface area contributed by atoms with E-state index in [2.05, 4.69) is 12.0 Å². The third-order valence-electron chi connectivity index (χ3n) is 2.56. The van der Waals surface area contributed by atoms with Crippen LogP contribution in [0.15, 0.2) is 5.10 Å². The molecule has 0 aromatic heterocycles. The molecule has 0 radical (unpaired) electrons. The number of nitrogens with zero attached hydrogens (tertiary/aromatic N) is 2. The molecule has 0 saturated heterocycles. The summed E-state index contributed by atoms with van der Waals surface area (Å²) in [7, 11) is 0. The zero-order chi connectivity index (χ0) is 9.68. The molecule has 0 spiro atoms. The maximum atomic E-state index is 5.36. The van der Waals surface area contributed by atoms with E-state index in [0.717, 1.165) is 6.54 Å². The van der Waals surface area contributed by atoms with Gasteiger partial charge in [-0.05, 0) is 19.8 Å². The first-order valence-corrected chi connectivity index (χ1v) is 5.10. The van der Waals surface area contributed by atoms with E-state index in [-0.39, 0.29) is 5.96 Å². The highest BCUT2D eigenvalue weighted by molar-refractivity contribution is 5.75. The fraction of sp³-hybridized carbons (Fsp3) is 0.889. The second-order valence-electron chi connectivity index (χ2n) is 3.57. The summed E-state index contributed by atoms with van der Waals surface area (Å²) in [5.74, 6) is 0.174. The fourth-order valence-corrected chi connectivity index (χ4v) is 1.94. The molecule has 76 valence electrons. The first-order chi connectivity index (χ1) is 6.24. The van der Waals surface area contributed by atoms with Crippen molar-refractivity contribution in [1.82, 2.24) is 5.01 Å². The Morgan fingerprint density at radius 1 is 1.31 bits per heavy atom. The molecule has 0 aromatic carbocycles. The minimum atomic E-state index is 0.174. The van der Waals surface area contributed by atoms with Crippen LogP contribution in [0.2, 0.25) is 0 Å². The fourth-order valence-electron chi connectivity index (χ4n) is 1.94. The summed E-state index contributed by atoms with van der Waals surface area (Å²) in [6, 6.07) is 0.556. The monoisotopic (exact) mass is 184 g/mol. The van der Waals surface area contributed by atoms with E-state index < -0.39 is 0 Å². The van der Waals surface area contributed by atoms with Gasteiger partial charge in [-0.1, -0.05) is 19.3 Å². The first kappa shape index (κ1) is 10.2. The van der Waals surface area contributed by atoms with Crippen molar-refractivity contribution in [2.45, 2.75) is 45.1 Å². The van der Waals surface area contributed by atoms with E-state index in [1.54, 1.807) is 0 Å². The zero-order valence-corrected chi connectivity index (χ0v) is 8.37. The number of hydrogen-bond acceptors (Lipinski definition) is 2. The molecular formula is C9H20N4. The van der Waals surface area contributed by atoms with Crippen molar-refractivity contribution in [3.8, 4) is 0 Å². The summed E-state index contributed by atoms with van der Waals surface area (Å²) in [6.45, 7) is 2.98. The standard InChI is InChI=1S/C9H20N4/c1-2-13(12-9(10)11)8-6-4-3-5-7-8/h8H,2-7H2,1H3,(H4,10,11,12). The van der Waals surface area contributed by atoms with Crippen LogP contribution in [0.25, 0.3) is 0 Å². The molecule has 13 heavy (non-hydrogen) atoms. The Kier molecular flexibility index (Phi) is 3.86. The van der Waals surface area contributed by atoms with Crippen LogP contribution in [0, 0.1) is 0 Å². The SMILES string of the molecule is CCN(N=C(N)N)C1CCCCC1. The largest absolute Gasteiger partial charge is 0.369 e. The average Bonchev–Trinajstić information content (AvgIpc) is 2.15. The van der Waals surface area contributed by atoms with Gasteiger partial charge < -0.3 is 11.5 Å². The first-order valence-electron chi connectivity index (χ1n) is 5.10. The van der Waals surface area contributed by atoms with E-state index in [4.69, 9.17) is 11.5 Å². The highest BCUT2D eigenvalue weighted by Gasteiger charge is 2.18.